The quantitative estimate of drug-likeness (QED) is 0.608. The summed E-state index contributed by atoms with van der Waals surface area (Å²) in [6.07, 6.45) is 0. The van der Waals surface area contributed by atoms with E-state index in [-0.39, 0.29) is 11.7 Å². The normalized spacial score (nSPS) is 10.9. The molecule has 27 heavy (non-hydrogen) atoms. The summed E-state index contributed by atoms with van der Waals surface area (Å²) in [5.74, 6) is -0.522. The molecule has 1 aromatic carbocycles. The first kappa shape index (κ1) is 18.9. The number of hydrogen-bond acceptors (Lipinski definition) is 5. The number of benzene rings is 1. The van der Waals surface area contributed by atoms with Crippen molar-refractivity contribution in [3.05, 3.63) is 47.7 Å². The Morgan fingerprint density at radius 1 is 1.26 bits per heavy atom. The summed E-state index contributed by atoms with van der Waals surface area (Å²) in [5, 5.41) is 16.7. The van der Waals surface area contributed by atoms with E-state index in [1.165, 1.54) is 11.8 Å². The van der Waals surface area contributed by atoms with Crippen molar-refractivity contribution in [2.75, 3.05) is 18.1 Å². The topological polar surface area (TPSA) is 97.1 Å². The zero-order chi connectivity index (χ0) is 19.4. The summed E-state index contributed by atoms with van der Waals surface area (Å²) in [6, 6.07) is 11.5. The Bertz CT molecular complexity index is 986. The Kier molecular flexibility index (Phi) is 5.75. The average molecular weight is 384 g/mol. The molecular formula is C19H20N4O3S. The number of rotatable bonds is 7. The molecule has 7 nitrogen and oxygen atoms in total. The van der Waals surface area contributed by atoms with Gasteiger partial charge in [0.1, 0.15) is 0 Å². The van der Waals surface area contributed by atoms with Gasteiger partial charge in [-0.15, -0.1) is 11.8 Å². The summed E-state index contributed by atoms with van der Waals surface area (Å²) in [6.45, 7) is 2.24. The van der Waals surface area contributed by atoms with Crippen molar-refractivity contribution >= 4 is 34.7 Å². The number of carboxylic acids is 1. The molecule has 140 valence electrons. The van der Waals surface area contributed by atoms with Gasteiger partial charge in [-0.25, -0.2) is 4.98 Å². The second kappa shape index (κ2) is 8.22. The van der Waals surface area contributed by atoms with Crippen LogP contribution in [-0.4, -0.2) is 49.8 Å². The van der Waals surface area contributed by atoms with Gasteiger partial charge in [-0.05, 0) is 13.0 Å². The van der Waals surface area contributed by atoms with Crippen LogP contribution in [0.15, 0.2) is 36.4 Å². The zero-order valence-electron chi connectivity index (χ0n) is 15.1. The summed E-state index contributed by atoms with van der Waals surface area (Å²) in [4.78, 5) is 28.0. The molecule has 3 aromatic rings. The van der Waals surface area contributed by atoms with Crippen LogP contribution in [0.3, 0.4) is 0 Å². The molecule has 0 saturated carbocycles. The largest absolute Gasteiger partial charge is 0.481 e. The molecule has 0 bridgehead atoms. The van der Waals surface area contributed by atoms with Crippen LogP contribution in [0, 0.1) is 6.92 Å². The van der Waals surface area contributed by atoms with E-state index >= 15 is 0 Å². The fourth-order valence-electron chi connectivity index (χ4n) is 2.87. The zero-order valence-corrected chi connectivity index (χ0v) is 15.9. The molecule has 0 saturated heterocycles. The maximum atomic E-state index is 12.8. The lowest BCUT2D eigenvalue weighted by Gasteiger charge is -2.09. The van der Waals surface area contributed by atoms with Crippen molar-refractivity contribution < 1.29 is 14.7 Å². The standard InChI is InChI=1S/C19H20N4O3S/c1-12-17-14(19(26)20-8-9-27-11-16(24)25)10-15(13-6-4-3-5-7-13)21-18(17)23(2)22-12/h3-7,10H,8-9,11H2,1-2H3,(H,20,26)(H,24,25). The van der Waals surface area contributed by atoms with Crippen LogP contribution in [0.2, 0.25) is 0 Å². The van der Waals surface area contributed by atoms with Crippen molar-refractivity contribution in [3.63, 3.8) is 0 Å². The van der Waals surface area contributed by atoms with Gasteiger partial charge in [0, 0.05) is 24.9 Å². The van der Waals surface area contributed by atoms with E-state index in [1.54, 1.807) is 17.8 Å². The Hall–Kier alpha value is -2.87. The number of fused-ring (bicyclic) bond motifs is 1. The molecule has 0 aliphatic carbocycles. The lowest BCUT2D eigenvalue weighted by Crippen LogP contribution is -2.26. The van der Waals surface area contributed by atoms with Crippen molar-refractivity contribution in [2.24, 2.45) is 7.05 Å². The highest BCUT2D eigenvalue weighted by Crippen LogP contribution is 2.26. The van der Waals surface area contributed by atoms with Gasteiger partial charge < -0.3 is 10.4 Å². The highest BCUT2D eigenvalue weighted by atomic mass is 32.2. The van der Waals surface area contributed by atoms with E-state index in [2.05, 4.69) is 15.4 Å². The third-order valence-corrected chi connectivity index (χ3v) is 4.98. The molecule has 0 fully saturated rings. The molecule has 3 rings (SSSR count). The van der Waals surface area contributed by atoms with Crippen LogP contribution in [0.5, 0.6) is 0 Å². The first-order chi connectivity index (χ1) is 13.0. The van der Waals surface area contributed by atoms with Crippen LogP contribution < -0.4 is 5.32 Å². The number of thioether (sulfide) groups is 1. The van der Waals surface area contributed by atoms with Crippen LogP contribution in [0.4, 0.5) is 0 Å². The van der Waals surface area contributed by atoms with Gasteiger partial charge in [-0.3, -0.25) is 14.3 Å². The summed E-state index contributed by atoms with van der Waals surface area (Å²) < 4.78 is 1.68. The van der Waals surface area contributed by atoms with Crippen LogP contribution >= 0.6 is 11.8 Å². The Balaban J connectivity index is 1.91. The van der Waals surface area contributed by atoms with Crippen LogP contribution in [-0.2, 0) is 11.8 Å². The molecule has 0 atom stereocenters. The van der Waals surface area contributed by atoms with Gasteiger partial charge in [-0.2, -0.15) is 5.10 Å². The predicted octanol–water partition coefficient (Wildman–Crippen LogP) is 2.49. The molecule has 8 heteroatoms. The van der Waals surface area contributed by atoms with Gasteiger partial charge in [0.2, 0.25) is 0 Å². The first-order valence-electron chi connectivity index (χ1n) is 8.45. The number of carbonyl (C=O) groups is 2. The van der Waals surface area contributed by atoms with Crippen molar-refractivity contribution in [1.29, 1.82) is 0 Å². The second-order valence-corrected chi connectivity index (χ2v) is 7.14. The number of nitrogens with one attached hydrogen (secondary N) is 1. The maximum absolute atomic E-state index is 12.8. The Labute approximate surface area is 160 Å². The minimum Gasteiger partial charge on any atom is -0.481 e. The summed E-state index contributed by atoms with van der Waals surface area (Å²) in [7, 11) is 1.81. The SMILES string of the molecule is Cc1nn(C)c2nc(-c3ccccc3)cc(C(=O)NCCSCC(=O)O)c12. The Morgan fingerprint density at radius 3 is 2.70 bits per heavy atom. The van der Waals surface area contributed by atoms with Gasteiger partial charge in [0.05, 0.1) is 28.1 Å². The number of amides is 1. The average Bonchev–Trinajstić information content (AvgIpc) is 2.95. The minimum atomic E-state index is -0.861. The fraction of sp³-hybridized carbons (Fsp3) is 0.263. The molecule has 0 aliphatic heterocycles. The number of carboxylic acid groups (broad SMARTS) is 1. The number of pyridine rings is 1. The first-order valence-corrected chi connectivity index (χ1v) is 9.60. The fourth-order valence-corrected chi connectivity index (χ4v) is 3.44. The number of aryl methyl sites for hydroxylation is 2. The van der Waals surface area contributed by atoms with Crippen molar-refractivity contribution in [1.82, 2.24) is 20.1 Å². The molecule has 0 spiro atoms. The van der Waals surface area contributed by atoms with Gasteiger partial charge >= 0.3 is 5.97 Å². The second-order valence-electron chi connectivity index (χ2n) is 6.03. The molecule has 0 unspecified atom stereocenters. The highest BCUT2D eigenvalue weighted by molar-refractivity contribution is 7.99. The van der Waals surface area contributed by atoms with E-state index < -0.39 is 5.97 Å². The molecular weight excluding hydrogens is 364 g/mol. The van der Waals surface area contributed by atoms with Crippen molar-refractivity contribution in [2.45, 2.75) is 6.92 Å². The smallest absolute Gasteiger partial charge is 0.313 e. The van der Waals surface area contributed by atoms with Crippen LogP contribution in [0.25, 0.3) is 22.3 Å². The van der Waals surface area contributed by atoms with Gasteiger partial charge in [0.25, 0.3) is 5.91 Å². The van der Waals surface area contributed by atoms with Crippen LogP contribution in [0.1, 0.15) is 16.1 Å². The molecule has 2 aromatic heterocycles. The molecule has 1 amide bonds. The number of nitrogens with zero attached hydrogens (tertiary/aromatic N) is 3. The number of aliphatic carboxylic acids is 1. The van der Waals surface area contributed by atoms with Crippen molar-refractivity contribution in [3.8, 4) is 11.3 Å². The third-order valence-electron chi connectivity index (χ3n) is 4.04. The predicted molar refractivity (Wildman–Crippen MR) is 106 cm³/mol. The highest BCUT2D eigenvalue weighted by Gasteiger charge is 2.19. The lowest BCUT2D eigenvalue weighted by molar-refractivity contribution is -0.133. The molecule has 0 radical (unpaired) electrons. The number of hydrogen-bond donors (Lipinski definition) is 2. The van der Waals surface area contributed by atoms with E-state index in [4.69, 9.17) is 5.11 Å². The van der Waals surface area contributed by atoms with Gasteiger partial charge in [-0.1, -0.05) is 30.3 Å². The number of carbonyl (C=O) groups excluding carboxylic acids is 1. The van der Waals surface area contributed by atoms with E-state index in [0.29, 0.717) is 29.2 Å². The summed E-state index contributed by atoms with van der Waals surface area (Å²) >= 11 is 1.27. The molecule has 2 N–H and O–H groups in total. The van der Waals surface area contributed by atoms with Gasteiger partial charge in [0.15, 0.2) is 5.65 Å². The molecule has 0 aliphatic rings. The number of aromatic nitrogens is 3. The summed E-state index contributed by atoms with van der Waals surface area (Å²) in [5.41, 5.74) is 3.54. The minimum absolute atomic E-state index is 0.0231. The third kappa shape index (κ3) is 4.28. The lowest BCUT2D eigenvalue weighted by atomic mass is 10.0. The van der Waals surface area contributed by atoms with E-state index in [9.17, 15) is 9.59 Å². The maximum Gasteiger partial charge on any atom is 0.313 e. The Morgan fingerprint density at radius 2 is 2.00 bits per heavy atom. The molecule has 2 heterocycles. The van der Waals surface area contributed by atoms with E-state index in [1.807, 2.05) is 37.3 Å². The monoisotopic (exact) mass is 384 g/mol. The van der Waals surface area contributed by atoms with E-state index in [0.717, 1.165) is 16.6 Å².